The number of hydrazine groups is 1. The standard InChI is InChI=1S/C14H17FN4/c1-2-19(14-6-4-3-5-13(14)15)10-12-9-11(18-16)7-8-17-12/h3-9H,2,10,16H2,1H3,(H,17,18). The number of rotatable bonds is 5. The Morgan fingerprint density at radius 1 is 1.32 bits per heavy atom. The number of nitrogens with two attached hydrogens (primary N) is 1. The van der Waals surface area contributed by atoms with Crippen LogP contribution in [-0.2, 0) is 6.54 Å². The zero-order chi connectivity index (χ0) is 13.7. The molecule has 0 aliphatic carbocycles. The fourth-order valence-corrected chi connectivity index (χ4v) is 1.93. The Labute approximate surface area is 112 Å². The third-order valence-corrected chi connectivity index (χ3v) is 2.91. The first kappa shape index (κ1) is 13.3. The van der Waals surface area contributed by atoms with Crippen molar-refractivity contribution in [1.82, 2.24) is 4.98 Å². The summed E-state index contributed by atoms with van der Waals surface area (Å²) in [6, 6.07) is 10.4. The molecule has 0 atom stereocenters. The highest BCUT2D eigenvalue weighted by Gasteiger charge is 2.10. The average molecular weight is 260 g/mol. The maximum atomic E-state index is 13.8. The van der Waals surface area contributed by atoms with Crippen LogP contribution in [0, 0.1) is 5.82 Å². The van der Waals surface area contributed by atoms with E-state index < -0.39 is 0 Å². The van der Waals surface area contributed by atoms with E-state index in [9.17, 15) is 4.39 Å². The highest BCUT2D eigenvalue weighted by molar-refractivity contribution is 5.49. The second-order valence-electron chi connectivity index (χ2n) is 4.15. The number of nitrogens with zero attached hydrogens (tertiary/aromatic N) is 2. The number of benzene rings is 1. The van der Waals surface area contributed by atoms with Crippen LogP contribution in [0.15, 0.2) is 42.6 Å². The zero-order valence-corrected chi connectivity index (χ0v) is 10.8. The van der Waals surface area contributed by atoms with E-state index in [1.165, 1.54) is 6.07 Å². The number of nitrogen functional groups attached to an aromatic ring is 1. The molecule has 100 valence electrons. The Kier molecular flexibility index (Phi) is 4.30. The first-order valence-electron chi connectivity index (χ1n) is 6.15. The Bertz CT molecular complexity index is 544. The van der Waals surface area contributed by atoms with Gasteiger partial charge in [-0.3, -0.25) is 10.8 Å². The normalized spacial score (nSPS) is 10.3. The predicted molar refractivity (Wildman–Crippen MR) is 75.2 cm³/mol. The fourth-order valence-electron chi connectivity index (χ4n) is 1.93. The number of hydrogen-bond donors (Lipinski definition) is 2. The SMILES string of the molecule is CCN(Cc1cc(NN)ccn1)c1ccccc1F. The Morgan fingerprint density at radius 3 is 2.79 bits per heavy atom. The Morgan fingerprint density at radius 2 is 2.11 bits per heavy atom. The van der Waals surface area contributed by atoms with Crippen LogP contribution < -0.4 is 16.2 Å². The van der Waals surface area contributed by atoms with Gasteiger partial charge in [0.1, 0.15) is 5.82 Å². The Hall–Kier alpha value is -2.14. The number of halogens is 1. The maximum Gasteiger partial charge on any atom is 0.146 e. The summed E-state index contributed by atoms with van der Waals surface area (Å²) in [4.78, 5) is 6.20. The number of aromatic nitrogens is 1. The van der Waals surface area contributed by atoms with E-state index in [0.717, 1.165) is 11.4 Å². The van der Waals surface area contributed by atoms with E-state index in [4.69, 9.17) is 5.84 Å². The first-order chi connectivity index (χ1) is 9.24. The number of nitrogens with one attached hydrogen (secondary N) is 1. The fraction of sp³-hybridized carbons (Fsp3) is 0.214. The van der Waals surface area contributed by atoms with E-state index in [1.54, 1.807) is 24.4 Å². The van der Waals surface area contributed by atoms with Crippen LogP contribution >= 0.6 is 0 Å². The average Bonchev–Trinajstić information content (AvgIpc) is 2.46. The third-order valence-electron chi connectivity index (χ3n) is 2.91. The summed E-state index contributed by atoms with van der Waals surface area (Å²) in [5.41, 5.74) is 4.78. The molecule has 4 nitrogen and oxygen atoms in total. The van der Waals surface area contributed by atoms with Crippen LogP contribution in [0.25, 0.3) is 0 Å². The smallest absolute Gasteiger partial charge is 0.146 e. The molecule has 0 amide bonds. The monoisotopic (exact) mass is 260 g/mol. The lowest BCUT2D eigenvalue weighted by Crippen LogP contribution is -2.23. The van der Waals surface area contributed by atoms with Gasteiger partial charge in [0.15, 0.2) is 0 Å². The van der Waals surface area contributed by atoms with Crippen molar-refractivity contribution in [3.8, 4) is 0 Å². The van der Waals surface area contributed by atoms with Gasteiger partial charge in [-0.15, -0.1) is 0 Å². The van der Waals surface area contributed by atoms with Crippen molar-refractivity contribution < 1.29 is 4.39 Å². The molecule has 0 spiro atoms. The second kappa shape index (κ2) is 6.15. The highest BCUT2D eigenvalue weighted by atomic mass is 19.1. The van der Waals surface area contributed by atoms with Crippen molar-refractivity contribution in [2.45, 2.75) is 13.5 Å². The predicted octanol–water partition coefficient (Wildman–Crippen LogP) is 2.53. The largest absolute Gasteiger partial charge is 0.364 e. The van der Waals surface area contributed by atoms with E-state index in [-0.39, 0.29) is 5.82 Å². The lowest BCUT2D eigenvalue weighted by atomic mass is 10.2. The topological polar surface area (TPSA) is 54.2 Å². The molecule has 2 rings (SSSR count). The lowest BCUT2D eigenvalue weighted by molar-refractivity contribution is 0.617. The van der Waals surface area contributed by atoms with Crippen LogP contribution in [0.3, 0.4) is 0 Å². The van der Waals surface area contributed by atoms with Crippen molar-refractivity contribution >= 4 is 11.4 Å². The summed E-state index contributed by atoms with van der Waals surface area (Å²) in [5.74, 6) is 5.14. The van der Waals surface area contributed by atoms with E-state index in [0.29, 0.717) is 18.8 Å². The highest BCUT2D eigenvalue weighted by Crippen LogP contribution is 2.20. The maximum absolute atomic E-state index is 13.8. The molecular formula is C14H17FN4. The lowest BCUT2D eigenvalue weighted by Gasteiger charge is -2.23. The molecular weight excluding hydrogens is 243 g/mol. The van der Waals surface area contributed by atoms with Gasteiger partial charge in [-0.1, -0.05) is 12.1 Å². The molecule has 2 aromatic rings. The van der Waals surface area contributed by atoms with Gasteiger partial charge in [0.2, 0.25) is 0 Å². The van der Waals surface area contributed by atoms with Gasteiger partial charge >= 0.3 is 0 Å². The molecule has 0 aliphatic rings. The van der Waals surface area contributed by atoms with Crippen molar-refractivity contribution in [2.75, 3.05) is 16.9 Å². The molecule has 5 heteroatoms. The number of pyridine rings is 1. The minimum atomic E-state index is -0.225. The van der Waals surface area contributed by atoms with Gasteiger partial charge in [-0.05, 0) is 31.2 Å². The van der Waals surface area contributed by atoms with E-state index in [2.05, 4.69) is 10.4 Å². The molecule has 0 aliphatic heterocycles. The summed E-state index contributed by atoms with van der Waals surface area (Å²) in [6.07, 6.45) is 1.68. The Balaban J connectivity index is 2.21. The molecule has 0 unspecified atom stereocenters. The van der Waals surface area contributed by atoms with Crippen molar-refractivity contribution in [2.24, 2.45) is 5.84 Å². The van der Waals surface area contributed by atoms with Gasteiger partial charge in [0, 0.05) is 12.7 Å². The van der Waals surface area contributed by atoms with Crippen molar-refractivity contribution in [3.63, 3.8) is 0 Å². The number of hydrogen-bond acceptors (Lipinski definition) is 4. The summed E-state index contributed by atoms with van der Waals surface area (Å²) < 4.78 is 13.8. The molecule has 0 radical (unpaired) electrons. The minimum Gasteiger partial charge on any atom is -0.364 e. The summed E-state index contributed by atoms with van der Waals surface area (Å²) in [7, 11) is 0. The van der Waals surface area contributed by atoms with Crippen LogP contribution in [0.1, 0.15) is 12.6 Å². The second-order valence-corrected chi connectivity index (χ2v) is 4.15. The van der Waals surface area contributed by atoms with Gasteiger partial charge in [-0.25, -0.2) is 4.39 Å². The van der Waals surface area contributed by atoms with Crippen molar-refractivity contribution in [3.05, 3.63) is 54.1 Å². The molecule has 0 saturated carbocycles. The molecule has 19 heavy (non-hydrogen) atoms. The molecule has 3 N–H and O–H groups in total. The molecule has 0 saturated heterocycles. The first-order valence-corrected chi connectivity index (χ1v) is 6.15. The molecule has 0 fully saturated rings. The third kappa shape index (κ3) is 3.20. The van der Waals surface area contributed by atoms with Gasteiger partial charge in [0.25, 0.3) is 0 Å². The molecule has 1 aromatic heterocycles. The number of anilines is 2. The van der Waals surface area contributed by atoms with Crippen LogP contribution in [0.5, 0.6) is 0 Å². The molecule has 1 heterocycles. The van der Waals surface area contributed by atoms with Gasteiger partial charge < -0.3 is 10.3 Å². The summed E-state index contributed by atoms with van der Waals surface area (Å²) in [5, 5.41) is 0. The van der Waals surface area contributed by atoms with Crippen LogP contribution in [-0.4, -0.2) is 11.5 Å². The van der Waals surface area contributed by atoms with Gasteiger partial charge in [-0.2, -0.15) is 0 Å². The van der Waals surface area contributed by atoms with E-state index >= 15 is 0 Å². The van der Waals surface area contributed by atoms with Gasteiger partial charge in [0.05, 0.1) is 23.6 Å². The van der Waals surface area contributed by atoms with Crippen LogP contribution in [0.2, 0.25) is 0 Å². The van der Waals surface area contributed by atoms with E-state index in [1.807, 2.05) is 24.0 Å². The quantitative estimate of drug-likeness (QED) is 0.640. The minimum absolute atomic E-state index is 0.225. The van der Waals surface area contributed by atoms with Crippen molar-refractivity contribution in [1.29, 1.82) is 0 Å². The molecule has 1 aromatic carbocycles. The molecule has 0 bridgehead atoms. The van der Waals surface area contributed by atoms with Crippen LogP contribution in [0.4, 0.5) is 15.8 Å². The summed E-state index contributed by atoms with van der Waals surface area (Å²) in [6.45, 7) is 3.22. The zero-order valence-electron chi connectivity index (χ0n) is 10.8. The number of para-hydroxylation sites is 1. The summed E-state index contributed by atoms with van der Waals surface area (Å²) >= 11 is 0.